The van der Waals surface area contributed by atoms with Crippen LogP contribution in [0.4, 0.5) is 11.4 Å². The lowest BCUT2D eigenvalue weighted by Gasteiger charge is -2.43. The van der Waals surface area contributed by atoms with Gasteiger partial charge in [0.1, 0.15) is 5.57 Å². The molecule has 2 amide bonds. The van der Waals surface area contributed by atoms with Gasteiger partial charge in [-0.15, -0.1) is 0 Å². The molecule has 4 rings (SSSR count). The fourth-order valence-corrected chi connectivity index (χ4v) is 5.17. The monoisotopic (exact) mass is 473 g/mol. The van der Waals surface area contributed by atoms with Crippen LogP contribution in [0, 0.1) is 0 Å². The second kappa shape index (κ2) is 9.18. The lowest BCUT2D eigenvalue weighted by atomic mass is 9.87. The average Bonchev–Trinajstić information content (AvgIpc) is 2.79. The van der Waals surface area contributed by atoms with Crippen LogP contribution < -0.4 is 15.1 Å². The molecule has 176 valence electrons. The Morgan fingerprint density at radius 1 is 1.06 bits per heavy atom. The van der Waals surface area contributed by atoms with Gasteiger partial charge in [0.15, 0.2) is 5.11 Å². The highest BCUT2D eigenvalue weighted by atomic mass is 32.1. The fraction of sp³-hybridized carbons (Fsp3) is 0.321. The van der Waals surface area contributed by atoms with Crippen LogP contribution in [0.15, 0.2) is 54.1 Å². The second-order valence-electron chi connectivity index (χ2n) is 9.35. The molecule has 2 heterocycles. The molecular formula is C28H31N3O2S. The molecule has 2 aliphatic heterocycles. The second-order valence-corrected chi connectivity index (χ2v) is 9.74. The Balaban J connectivity index is 1.75. The number of anilines is 2. The van der Waals surface area contributed by atoms with Crippen LogP contribution in [0.5, 0.6) is 0 Å². The molecule has 2 aromatic carbocycles. The number of carbonyl (C=O) groups is 2. The molecule has 6 heteroatoms. The fourth-order valence-electron chi connectivity index (χ4n) is 4.89. The van der Waals surface area contributed by atoms with E-state index in [2.05, 4.69) is 56.1 Å². The summed E-state index contributed by atoms with van der Waals surface area (Å²) in [5, 5.41) is 2.80. The number of para-hydroxylation sites is 1. The molecule has 1 saturated heterocycles. The smallest absolute Gasteiger partial charge is 0.270 e. The Morgan fingerprint density at radius 2 is 1.79 bits per heavy atom. The van der Waals surface area contributed by atoms with Crippen LogP contribution in [0.1, 0.15) is 57.7 Å². The van der Waals surface area contributed by atoms with Crippen LogP contribution in [-0.4, -0.2) is 29.0 Å². The summed E-state index contributed by atoms with van der Waals surface area (Å²) >= 11 is 5.38. The van der Waals surface area contributed by atoms with Crippen LogP contribution in [0.3, 0.4) is 0 Å². The number of hydrogen-bond donors (Lipinski definition) is 1. The van der Waals surface area contributed by atoms with Crippen LogP contribution >= 0.6 is 12.2 Å². The summed E-state index contributed by atoms with van der Waals surface area (Å²) in [5.41, 5.74) is 5.97. The Morgan fingerprint density at radius 3 is 2.50 bits per heavy atom. The molecule has 0 spiro atoms. The summed E-state index contributed by atoms with van der Waals surface area (Å²) in [6, 6.07) is 13.7. The van der Waals surface area contributed by atoms with Gasteiger partial charge in [0.05, 0.1) is 11.2 Å². The molecular weight excluding hydrogens is 442 g/mol. The average molecular weight is 474 g/mol. The van der Waals surface area contributed by atoms with Crippen molar-refractivity contribution in [1.82, 2.24) is 5.32 Å². The minimum Gasteiger partial charge on any atom is -0.362 e. The molecule has 2 aromatic rings. The molecule has 0 aromatic heterocycles. The first-order valence-electron chi connectivity index (χ1n) is 11.8. The van der Waals surface area contributed by atoms with Crippen LogP contribution in [0.2, 0.25) is 0 Å². The van der Waals surface area contributed by atoms with E-state index in [1.165, 1.54) is 16.2 Å². The lowest BCUT2D eigenvalue weighted by Crippen LogP contribution is -2.54. The van der Waals surface area contributed by atoms with Gasteiger partial charge in [-0.2, -0.15) is 0 Å². The molecule has 5 nitrogen and oxygen atoms in total. The van der Waals surface area contributed by atoms with Gasteiger partial charge >= 0.3 is 0 Å². The molecule has 34 heavy (non-hydrogen) atoms. The van der Waals surface area contributed by atoms with E-state index in [1.54, 1.807) is 6.08 Å². The maximum Gasteiger partial charge on any atom is 0.270 e. The molecule has 0 unspecified atom stereocenters. The minimum atomic E-state index is -0.473. The number of rotatable bonds is 5. The number of carbonyl (C=O) groups excluding carboxylic acids is 2. The van der Waals surface area contributed by atoms with E-state index in [1.807, 2.05) is 37.3 Å². The number of nitrogens with one attached hydrogen (secondary N) is 1. The van der Waals surface area contributed by atoms with Gasteiger partial charge in [-0.05, 0) is 86.8 Å². The van der Waals surface area contributed by atoms with Gasteiger partial charge < -0.3 is 4.90 Å². The van der Waals surface area contributed by atoms with Crippen molar-refractivity contribution in [3.8, 4) is 0 Å². The van der Waals surface area contributed by atoms with Crippen LogP contribution in [0.25, 0.3) is 11.6 Å². The van der Waals surface area contributed by atoms with E-state index in [9.17, 15) is 9.59 Å². The summed E-state index contributed by atoms with van der Waals surface area (Å²) < 4.78 is 0. The number of hydrogen-bond acceptors (Lipinski definition) is 4. The Labute approximate surface area is 207 Å². The molecule has 0 saturated carbocycles. The summed E-state index contributed by atoms with van der Waals surface area (Å²) in [6.45, 7) is 11.7. The third kappa shape index (κ3) is 4.18. The summed E-state index contributed by atoms with van der Waals surface area (Å²) in [7, 11) is 0. The molecule has 0 aliphatic carbocycles. The number of fused-ring (bicyclic) bond motifs is 1. The van der Waals surface area contributed by atoms with Crippen molar-refractivity contribution in [1.29, 1.82) is 0 Å². The zero-order chi connectivity index (χ0) is 24.6. The molecule has 0 atom stereocenters. The quantitative estimate of drug-likeness (QED) is 0.354. The minimum absolute atomic E-state index is 0.0719. The number of aryl methyl sites for hydroxylation is 1. The third-order valence-electron chi connectivity index (χ3n) is 6.47. The maximum absolute atomic E-state index is 13.5. The van der Waals surface area contributed by atoms with Gasteiger partial charge in [0.25, 0.3) is 11.8 Å². The van der Waals surface area contributed by atoms with E-state index in [0.717, 1.165) is 36.1 Å². The normalized spacial score (nSPS) is 18.7. The van der Waals surface area contributed by atoms with Crippen molar-refractivity contribution in [3.63, 3.8) is 0 Å². The summed E-state index contributed by atoms with van der Waals surface area (Å²) in [6.07, 6.45) is 5.74. The van der Waals surface area contributed by atoms with Gasteiger partial charge in [0.2, 0.25) is 0 Å². The van der Waals surface area contributed by atoms with Crippen molar-refractivity contribution in [3.05, 3.63) is 70.8 Å². The number of allylic oxidation sites excluding steroid dienone is 1. The van der Waals surface area contributed by atoms with Crippen molar-refractivity contribution < 1.29 is 9.59 Å². The zero-order valence-corrected chi connectivity index (χ0v) is 21.3. The number of nitrogens with zero attached hydrogens (tertiary/aromatic N) is 2. The van der Waals surface area contributed by atoms with E-state index in [-0.39, 0.29) is 16.2 Å². The summed E-state index contributed by atoms with van der Waals surface area (Å²) in [4.78, 5) is 30.1. The predicted octanol–water partition coefficient (Wildman–Crippen LogP) is 5.49. The molecule has 1 fully saturated rings. The molecule has 2 aliphatic rings. The third-order valence-corrected chi connectivity index (χ3v) is 6.76. The standard InChI is InChI=1S/C28H31N3O2S/c1-6-14-30-24-13-12-19(15-21(24)18(3)17-28(30,4)5)16-22-25(32)29-27(34)31(26(22)33)23-11-9-8-10-20(23)7-2/h8-13,15-17H,6-7,14H2,1-5H3,(H,29,32,34)/b22-16-. The van der Waals surface area contributed by atoms with E-state index >= 15 is 0 Å². The molecule has 0 radical (unpaired) electrons. The number of thiocarbonyl (C=S) groups is 1. The van der Waals surface area contributed by atoms with Crippen molar-refractivity contribution >= 4 is 52.2 Å². The zero-order valence-electron chi connectivity index (χ0n) is 20.4. The van der Waals surface area contributed by atoms with E-state index in [0.29, 0.717) is 5.69 Å². The largest absolute Gasteiger partial charge is 0.362 e. The lowest BCUT2D eigenvalue weighted by molar-refractivity contribution is -0.122. The Kier molecular flexibility index (Phi) is 6.45. The van der Waals surface area contributed by atoms with Gasteiger partial charge in [0, 0.05) is 17.8 Å². The SMILES string of the molecule is CCCN1c2ccc(/C=C3/C(=O)NC(=S)N(c4ccccc4CC)C3=O)cc2C(C)=CC1(C)C. The maximum atomic E-state index is 13.5. The predicted molar refractivity (Wildman–Crippen MR) is 144 cm³/mol. The van der Waals surface area contributed by atoms with E-state index in [4.69, 9.17) is 12.2 Å². The highest BCUT2D eigenvalue weighted by Gasteiger charge is 2.35. The highest BCUT2D eigenvalue weighted by Crippen LogP contribution is 2.39. The summed E-state index contributed by atoms with van der Waals surface area (Å²) in [5.74, 6) is -0.882. The van der Waals surface area contributed by atoms with Crippen LogP contribution in [-0.2, 0) is 16.0 Å². The first-order valence-corrected chi connectivity index (χ1v) is 12.2. The number of amides is 2. The highest BCUT2D eigenvalue weighted by molar-refractivity contribution is 7.80. The van der Waals surface area contributed by atoms with E-state index < -0.39 is 11.8 Å². The van der Waals surface area contributed by atoms with Crippen molar-refractivity contribution in [2.24, 2.45) is 0 Å². The number of benzene rings is 2. The van der Waals surface area contributed by atoms with Crippen molar-refractivity contribution in [2.75, 3.05) is 16.3 Å². The Hall–Kier alpha value is -3.25. The van der Waals surface area contributed by atoms with Crippen molar-refractivity contribution in [2.45, 2.75) is 53.0 Å². The molecule has 1 N–H and O–H groups in total. The van der Waals surface area contributed by atoms with Gasteiger partial charge in [-0.1, -0.05) is 44.2 Å². The van der Waals surface area contributed by atoms with Gasteiger partial charge in [-0.3, -0.25) is 19.8 Å². The molecule has 0 bridgehead atoms. The van der Waals surface area contributed by atoms with Gasteiger partial charge in [-0.25, -0.2) is 0 Å². The first-order chi connectivity index (χ1) is 16.2. The first kappa shape index (κ1) is 23.9. The Bertz CT molecular complexity index is 1240. The topological polar surface area (TPSA) is 52.7 Å².